The number of ether oxygens (including phenoxy) is 4. The van der Waals surface area contributed by atoms with Gasteiger partial charge in [-0.2, -0.15) is 13.2 Å². The molecule has 1 aliphatic rings. The largest absolute Gasteiger partial charge is 0.511 e. The summed E-state index contributed by atoms with van der Waals surface area (Å²) in [6.45, 7) is 2.16. The van der Waals surface area contributed by atoms with E-state index in [1.165, 1.54) is 12.1 Å². The number of carbonyl (C=O) groups is 2. The molecule has 1 aliphatic heterocycles. The second-order valence-corrected chi connectivity index (χ2v) is 8.89. The topological polar surface area (TPSA) is 176 Å². The molecule has 14 nitrogen and oxygen atoms in total. The number of esters is 1. The summed E-state index contributed by atoms with van der Waals surface area (Å²) < 4.78 is 59.6. The highest BCUT2D eigenvalue weighted by Gasteiger charge is 2.49. The van der Waals surface area contributed by atoms with E-state index < -0.39 is 71.7 Å². The van der Waals surface area contributed by atoms with E-state index in [-0.39, 0.29) is 16.3 Å². The van der Waals surface area contributed by atoms with Crippen LogP contribution in [0.2, 0.25) is 5.02 Å². The van der Waals surface area contributed by atoms with Crippen molar-refractivity contribution in [3.63, 3.8) is 0 Å². The molecular formula is C20H20ClF3N2O12. The molecule has 0 saturated carbocycles. The van der Waals surface area contributed by atoms with Crippen LogP contribution in [0.15, 0.2) is 17.7 Å². The van der Waals surface area contributed by atoms with Crippen molar-refractivity contribution in [1.29, 1.82) is 0 Å². The first-order valence-corrected chi connectivity index (χ1v) is 10.7. The Morgan fingerprint density at radius 2 is 1.66 bits per heavy atom. The lowest BCUT2D eigenvalue weighted by atomic mass is 9.85. The smallest absolute Gasteiger partial charge is 0.475 e. The molecule has 210 valence electrons. The average Bonchev–Trinajstić information content (AvgIpc) is 2.77. The number of halogens is 4. The van der Waals surface area contributed by atoms with Gasteiger partial charge in [0, 0.05) is 10.6 Å². The van der Waals surface area contributed by atoms with E-state index in [9.17, 15) is 43.0 Å². The van der Waals surface area contributed by atoms with Crippen LogP contribution in [0, 0.1) is 20.2 Å². The maximum atomic E-state index is 13.7. The molecular weight excluding hydrogens is 553 g/mol. The van der Waals surface area contributed by atoms with Crippen molar-refractivity contribution in [2.45, 2.75) is 44.6 Å². The minimum atomic E-state index is -5.04. The van der Waals surface area contributed by atoms with Crippen LogP contribution in [0.4, 0.5) is 18.0 Å². The second-order valence-electron chi connectivity index (χ2n) is 8.48. The van der Waals surface area contributed by atoms with E-state index >= 15 is 0 Å². The zero-order valence-corrected chi connectivity index (χ0v) is 20.6. The highest BCUT2D eigenvalue weighted by Crippen LogP contribution is 2.42. The Kier molecular flexibility index (Phi) is 9.55. The van der Waals surface area contributed by atoms with Crippen molar-refractivity contribution in [1.82, 2.24) is 0 Å². The summed E-state index contributed by atoms with van der Waals surface area (Å²) in [4.78, 5) is 52.5. The lowest BCUT2D eigenvalue weighted by Crippen LogP contribution is -2.41. The van der Waals surface area contributed by atoms with Gasteiger partial charge in [-0.15, -0.1) is 20.2 Å². The summed E-state index contributed by atoms with van der Waals surface area (Å²) in [5.74, 6) is -1.73. The van der Waals surface area contributed by atoms with Crippen molar-refractivity contribution in [2.75, 3.05) is 20.0 Å². The van der Waals surface area contributed by atoms with Crippen molar-refractivity contribution in [3.8, 4) is 5.75 Å². The van der Waals surface area contributed by atoms with Crippen LogP contribution in [0.5, 0.6) is 5.75 Å². The fourth-order valence-electron chi connectivity index (χ4n) is 2.99. The van der Waals surface area contributed by atoms with Gasteiger partial charge < -0.3 is 28.6 Å². The first-order valence-electron chi connectivity index (χ1n) is 10.3. The number of carbonyl (C=O) groups excluding carboxylic acids is 2. The lowest BCUT2D eigenvalue weighted by Gasteiger charge is -2.30. The number of fused-ring (bicyclic) bond motifs is 1. The predicted octanol–water partition coefficient (Wildman–Crippen LogP) is 3.78. The summed E-state index contributed by atoms with van der Waals surface area (Å²) in [7, 11) is 0. The van der Waals surface area contributed by atoms with E-state index in [0.29, 0.717) is 5.56 Å². The van der Waals surface area contributed by atoms with Crippen molar-refractivity contribution >= 4 is 29.8 Å². The molecule has 18 heteroatoms. The Morgan fingerprint density at radius 1 is 1.08 bits per heavy atom. The van der Waals surface area contributed by atoms with Gasteiger partial charge in [-0.3, -0.25) is 0 Å². The van der Waals surface area contributed by atoms with Gasteiger partial charge in [-0.25, -0.2) is 9.59 Å². The van der Waals surface area contributed by atoms with Crippen LogP contribution >= 0.6 is 11.6 Å². The SMILES string of the molecule is CC(C)(C)c1cc2c(cc1Cl)C=C(C(=O)OCOC(=O)OC(CO[N+](=O)[O-])CO[N+](=O)[O-])C(C(F)(F)F)O2. The normalized spacial score (nSPS) is 14.9. The first-order chi connectivity index (χ1) is 17.5. The average molecular weight is 573 g/mol. The highest BCUT2D eigenvalue weighted by molar-refractivity contribution is 6.31. The molecule has 1 aromatic carbocycles. The fourth-order valence-corrected chi connectivity index (χ4v) is 3.45. The van der Waals surface area contributed by atoms with Crippen molar-refractivity contribution < 1.29 is 61.6 Å². The van der Waals surface area contributed by atoms with E-state index in [2.05, 4.69) is 23.9 Å². The molecule has 0 amide bonds. The molecule has 0 aliphatic carbocycles. The summed E-state index contributed by atoms with van der Waals surface area (Å²) in [5.41, 5.74) is -0.925. The Morgan fingerprint density at radius 3 is 2.16 bits per heavy atom. The van der Waals surface area contributed by atoms with Crippen molar-refractivity contribution in [3.05, 3.63) is 54.1 Å². The van der Waals surface area contributed by atoms with Crippen LogP contribution < -0.4 is 4.74 Å². The molecule has 0 aromatic heterocycles. The molecule has 0 spiro atoms. The van der Waals surface area contributed by atoms with E-state index in [1.807, 2.05) is 0 Å². The third-order valence-corrected chi connectivity index (χ3v) is 4.95. The summed E-state index contributed by atoms with van der Waals surface area (Å²) in [5, 5.41) is 18.2. The first kappa shape index (κ1) is 30.2. The quantitative estimate of drug-likeness (QED) is 0.172. The number of nitrogens with zero attached hydrogens (tertiary/aromatic N) is 2. The maximum absolute atomic E-state index is 13.7. The minimum absolute atomic E-state index is 0.0650. The van der Waals surface area contributed by atoms with Gasteiger partial charge >= 0.3 is 18.3 Å². The van der Waals surface area contributed by atoms with E-state index in [0.717, 1.165) is 6.08 Å². The molecule has 0 bridgehead atoms. The molecule has 0 fully saturated rings. The monoisotopic (exact) mass is 572 g/mol. The van der Waals surface area contributed by atoms with Crippen LogP contribution in [0.1, 0.15) is 31.9 Å². The molecule has 1 heterocycles. The lowest BCUT2D eigenvalue weighted by molar-refractivity contribution is -0.768. The molecule has 0 saturated heterocycles. The van der Waals surface area contributed by atoms with Crippen LogP contribution in [0.25, 0.3) is 6.08 Å². The fraction of sp³-hybridized carbons (Fsp3) is 0.500. The Hall–Kier alpha value is -4.02. The third kappa shape index (κ3) is 8.53. The molecule has 0 N–H and O–H groups in total. The molecule has 1 atom stereocenters. The minimum Gasteiger partial charge on any atom is -0.475 e. The summed E-state index contributed by atoms with van der Waals surface area (Å²) in [6, 6.07) is 2.67. The zero-order valence-electron chi connectivity index (χ0n) is 19.8. The molecule has 1 aromatic rings. The van der Waals surface area contributed by atoms with Crippen LogP contribution in [0.3, 0.4) is 0 Å². The van der Waals surface area contributed by atoms with Gasteiger partial charge in [0.2, 0.25) is 12.9 Å². The molecule has 38 heavy (non-hydrogen) atoms. The van der Waals surface area contributed by atoms with Gasteiger partial charge in [0.1, 0.15) is 19.0 Å². The third-order valence-electron chi connectivity index (χ3n) is 4.64. The molecule has 1 unspecified atom stereocenters. The van der Waals surface area contributed by atoms with Gasteiger partial charge in [0.15, 0.2) is 6.10 Å². The van der Waals surface area contributed by atoms with Gasteiger partial charge in [0.25, 0.3) is 10.2 Å². The predicted molar refractivity (Wildman–Crippen MR) is 117 cm³/mol. The summed E-state index contributed by atoms with van der Waals surface area (Å²) in [6.07, 6.45) is -10.2. The van der Waals surface area contributed by atoms with Crippen LogP contribution in [-0.2, 0) is 34.1 Å². The second kappa shape index (κ2) is 12.0. The van der Waals surface area contributed by atoms with Gasteiger partial charge in [-0.1, -0.05) is 32.4 Å². The highest BCUT2D eigenvalue weighted by atomic mass is 35.5. The van der Waals surface area contributed by atoms with Gasteiger partial charge in [-0.05, 0) is 29.2 Å². The number of hydrogen-bond donors (Lipinski definition) is 0. The number of rotatable bonds is 10. The Bertz CT molecular complexity index is 1100. The number of benzene rings is 1. The molecule has 2 rings (SSSR count). The van der Waals surface area contributed by atoms with Crippen LogP contribution in [-0.4, -0.2) is 60.7 Å². The Labute approximate surface area is 216 Å². The number of hydrogen-bond acceptors (Lipinski definition) is 12. The Balaban J connectivity index is 2.11. The number of alkyl halides is 3. The molecule has 0 radical (unpaired) electrons. The summed E-state index contributed by atoms with van der Waals surface area (Å²) >= 11 is 6.25. The van der Waals surface area contributed by atoms with Gasteiger partial charge in [0.05, 0.1) is 5.57 Å². The zero-order chi connectivity index (χ0) is 28.8. The van der Waals surface area contributed by atoms with Crippen molar-refractivity contribution in [2.24, 2.45) is 0 Å². The maximum Gasteiger partial charge on any atom is 0.511 e. The van der Waals surface area contributed by atoms with E-state index in [1.54, 1.807) is 20.8 Å². The standard InChI is InChI=1S/C20H20ClF3N2O12/c1-19(2,3)13-6-15-10(5-14(13)21)4-12(16(38-15)20(22,23)24)17(27)33-9-34-18(28)37-11(7-35-25(29)30)8-36-26(31)32/h4-6,11,16H,7-9H2,1-3H3. The van der Waals surface area contributed by atoms with E-state index in [4.69, 9.17) is 16.3 Å².